The molecule has 86 valence electrons. The van der Waals surface area contributed by atoms with E-state index in [2.05, 4.69) is 28.2 Å². The molecule has 0 unspecified atom stereocenters. The molecule has 0 saturated carbocycles. The fraction of sp³-hybridized carbons (Fsp3) is 0. The number of thiocarbonyl (C=S) groups is 1. The van der Waals surface area contributed by atoms with E-state index in [-0.39, 0.29) is 10.7 Å². The maximum Gasteiger partial charge on any atom is 0.264 e. The van der Waals surface area contributed by atoms with Crippen LogP contribution < -0.4 is 16.0 Å². The summed E-state index contributed by atoms with van der Waals surface area (Å²) in [5.74, 6) is -1.02. The van der Waals surface area contributed by atoms with E-state index >= 15 is 0 Å². The molecule has 5 nitrogen and oxygen atoms in total. The monoisotopic (exact) mass is 247 g/mol. The smallest absolute Gasteiger partial charge is 0.264 e. The summed E-state index contributed by atoms with van der Waals surface area (Å²) in [6, 6.07) is 9.20. The quantitative estimate of drug-likeness (QED) is 0.405. The van der Waals surface area contributed by atoms with Gasteiger partial charge in [-0.3, -0.25) is 20.2 Å². The Balaban J connectivity index is 2.14. The normalized spacial score (nSPS) is 15.1. The third kappa shape index (κ3) is 2.67. The molecule has 1 heterocycles. The molecule has 17 heavy (non-hydrogen) atoms. The molecule has 1 aliphatic heterocycles. The molecule has 0 atom stereocenters. The number of carbonyl (C=O) groups excluding carboxylic acids is 2. The molecule has 0 spiro atoms. The molecule has 0 aliphatic carbocycles. The van der Waals surface area contributed by atoms with Crippen LogP contribution in [0.4, 0.5) is 5.69 Å². The van der Waals surface area contributed by atoms with Crippen molar-refractivity contribution in [2.45, 2.75) is 0 Å². The van der Waals surface area contributed by atoms with Gasteiger partial charge >= 0.3 is 0 Å². The highest BCUT2D eigenvalue weighted by Gasteiger charge is 2.25. The highest BCUT2D eigenvalue weighted by atomic mass is 32.1. The Morgan fingerprint density at radius 2 is 1.65 bits per heavy atom. The standard InChI is InChI=1S/C11H9N3O2S/c15-9-8(10(16)14-11(17)13-9)6-12-7-4-2-1-3-5-7/h1-6,12H,(H2,13,14,15,16,17). The molecule has 1 aliphatic rings. The maximum atomic E-state index is 11.5. The van der Waals surface area contributed by atoms with Gasteiger partial charge in [0.05, 0.1) is 0 Å². The molecule has 1 aromatic rings. The molecule has 0 aromatic heterocycles. The van der Waals surface area contributed by atoms with Crippen LogP contribution in [0.2, 0.25) is 0 Å². The van der Waals surface area contributed by atoms with Crippen LogP contribution in [0, 0.1) is 0 Å². The largest absolute Gasteiger partial charge is 0.361 e. The number of benzene rings is 1. The first kappa shape index (κ1) is 11.3. The van der Waals surface area contributed by atoms with Gasteiger partial charge in [0.15, 0.2) is 5.11 Å². The molecule has 0 bridgehead atoms. The number of para-hydroxylation sites is 1. The predicted octanol–water partition coefficient (Wildman–Crippen LogP) is 0.513. The molecule has 1 saturated heterocycles. The molecule has 6 heteroatoms. The summed E-state index contributed by atoms with van der Waals surface area (Å²) in [4.78, 5) is 22.9. The van der Waals surface area contributed by atoms with Crippen molar-refractivity contribution in [3.05, 3.63) is 42.1 Å². The Kier molecular flexibility index (Phi) is 3.15. The molecule has 0 radical (unpaired) electrons. The Hall–Kier alpha value is -2.21. The maximum absolute atomic E-state index is 11.5. The van der Waals surface area contributed by atoms with E-state index < -0.39 is 11.8 Å². The lowest BCUT2D eigenvalue weighted by molar-refractivity contribution is -0.123. The van der Waals surface area contributed by atoms with E-state index in [1.54, 1.807) is 0 Å². The van der Waals surface area contributed by atoms with E-state index in [1.807, 2.05) is 30.3 Å². The van der Waals surface area contributed by atoms with Crippen LogP contribution in [0.15, 0.2) is 42.1 Å². The van der Waals surface area contributed by atoms with Crippen molar-refractivity contribution in [1.29, 1.82) is 0 Å². The van der Waals surface area contributed by atoms with Crippen LogP contribution in [0.25, 0.3) is 0 Å². The average molecular weight is 247 g/mol. The average Bonchev–Trinajstić information content (AvgIpc) is 2.29. The van der Waals surface area contributed by atoms with Crippen molar-refractivity contribution in [2.24, 2.45) is 0 Å². The van der Waals surface area contributed by atoms with Gasteiger partial charge in [-0.2, -0.15) is 0 Å². The minimum absolute atomic E-state index is 0.0116. The highest BCUT2D eigenvalue weighted by Crippen LogP contribution is 2.07. The number of rotatable bonds is 2. The summed E-state index contributed by atoms with van der Waals surface area (Å²) in [6.45, 7) is 0. The number of amides is 2. The number of anilines is 1. The van der Waals surface area contributed by atoms with Crippen LogP contribution in [0.1, 0.15) is 0 Å². The van der Waals surface area contributed by atoms with E-state index in [9.17, 15) is 9.59 Å². The second-order valence-electron chi connectivity index (χ2n) is 3.31. The summed E-state index contributed by atoms with van der Waals surface area (Å²) in [5, 5.41) is 7.58. The fourth-order valence-electron chi connectivity index (χ4n) is 1.30. The van der Waals surface area contributed by atoms with Crippen molar-refractivity contribution in [3.8, 4) is 0 Å². The first-order chi connectivity index (χ1) is 8.16. The van der Waals surface area contributed by atoms with E-state index in [4.69, 9.17) is 0 Å². The van der Waals surface area contributed by atoms with Gasteiger partial charge in [0.25, 0.3) is 11.8 Å². The summed E-state index contributed by atoms with van der Waals surface area (Å²) >= 11 is 4.68. The van der Waals surface area contributed by atoms with Crippen LogP contribution in [0.5, 0.6) is 0 Å². The number of hydrogen-bond donors (Lipinski definition) is 3. The second kappa shape index (κ2) is 4.75. The predicted molar refractivity (Wildman–Crippen MR) is 67.0 cm³/mol. The first-order valence-corrected chi connectivity index (χ1v) is 5.26. The third-order valence-electron chi connectivity index (χ3n) is 2.10. The molecule has 1 aromatic carbocycles. The molecular weight excluding hydrogens is 238 g/mol. The van der Waals surface area contributed by atoms with Gasteiger partial charge in [-0.05, 0) is 24.4 Å². The number of carbonyl (C=O) groups is 2. The molecule has 3 N–H and O–H groups in total. The zero-order chi connectivity index (χ0) is 12.3. The Bertz CT molecular complexity index is 489. The number of nitrogens with one attached hydrogen (secondary N) is 3. The van der Waals surface area contributed by atoms with Gasteiger partial charge in [0.1, 0.15) is 5.57 Å². The van der Waals surface area contributed by atoms with Gasteiger partial charge in [-0.25, -0.2) is 0 Å². The van der Waals surface area contributed by atoms with Crippen LogP contribution in [-0.4, -0.2) is 16.9 Å². The Morgan fingerprint density at radius 3 is 2.24 bits per heavy atom. The van der Waals surface area contributed by atoms with E-state index in [0.717, 1.165) is 5.69 Å². The summed E-state index contributed by atoms with van der Waals surface area (Å²) in [6.07, 6.45) is 1.35. The molecule has 1 fully saturated rings. The zero-order valence-electron chi connectivity index (χ0n) is 8.69. The third-order valence-corrected chi connectivity index (χ3v) is 2.30. The lowest BCUT2D eigenvalue weighted by Gasteiger charge is -2.16. The second-order valence-corrected chi connectivity index (χ2v) is 3.71. The zero-order valence-corrected chi connectivity index (χ0v) is 9.51. The van der Waals surface area contributed by atoms with Gasteiger partial charge in [0, 0.05) is 11.9 Å². The number of hydrogen-bond acceptors (Lipinski definition) is 4. The summed E-state index contributed by atoms with van der Waals surface area (Å²) < 4.78 is 0. The summed E-state index contributed by atoms with van der Waals surface area (Å²) in [7, 11) is 0. The van der Waals surface area contributed by atoms with E-state index in [0.29, 0.717) is 0 Å². The van der Waals surface area contributed by atoms with Gasteiger partial charge in [-0.15, -0.1) is 0 Å². The van der Waals surface area contributed by atoms with Crippen molar-refractivity contribution in [3.63, 3.8) is 0 Å². The van der Waals surface area contributed by atoms with Crippen molar-refractivity contribution >= 4 is 34.8 Å². The van der Waals surface area contributed by atoms with Crippen LogP contribution >= 0.6 is 12.2 Å². The molecule has 2 rings (SSSR count). The van der Waals surface area contributed by atoms with Crippen molar-refractivity contribution < 1.29 is 9.59 Å². The first-order valence-electron chi connectivity index (χ1n) is 4.85. The lowest BCUT2D eigenvalue weighted by Crippen LogP contribution is -2.51. The van der Waals surface area contributed by atoms with Gasteiger partial charge in [-0.1, -0.05) is 18.2 Å². The topological polar surface area (TPSA) is 70.2 Å². The van der Waals surface area contributed by atoms with Gasteiger partial charge < -0.3 is 5.32 Å². The molecular formula is C11H9N3O2S. The van der Waals surface area contributed by atoms with Crippen LogP contribution in [-0.2, 0) is 9.59 Å². The summed E-state index contributed by atoms with van der Waals surface area (Å²) in [5.41, 5.74) is 0.774. The van der Waals surface area contributed by atoms with Gasteiger partial charge in [0.2, 0.25) is 0 Å². The van der Waals surface area contributed by atoms with Crippen LogP contribution in [0.3, 0.4) is 0 Å². The SMILES string of the molecule is O=C1NC(=S)NC(=O)C1=CNc1ccccc1. The Labute approximate surface area is 103 Å². The van der Waals surface area contributed by atoms with Crippen molar-refractivity contribution in [2.75, 3.05) is 5.32 Å². The van der Waals surface area contributed by atoms with Crippen molar-refractivity contribution in [1.82, 2.24) is 10.6 Å². The minimum Gasteiger partial charge on any atom is -0.361 e. The van der Waals surface area contributed by atoms with E-state index in [1.165, 1.54) is 6.20 Å². The Morgan fingerprint density at radius 1 is 1.06 bits per heavy atom. The fourth-order valence-corrected chi connectivity index (χ4v) is 1.48. The minimum atomic E-state index is -0.512. The molecule has 2 amide bonds. The highest BCUT2D eigenvalue weighted by molar-refractivity contribution is 7.80. The lowest BCUT2D eigenvalue weighted by atomic mass is 10.2.